The van der Waals surface area contributed by atoms with Crippen LogP contribution in [0.15, 0.2) is 48.5 Å². The quantitative estimate of drug-likeness (QED) is 0.303. The van der Waals surface area contributed by atoms with Crippen LogP contribution in [0.5, 0.6) is 5.75 Å². The Balaban J connectivity index is 1.37. The predicted octanol–water partition coefficient (Wildman–Crippen LogP) is 3.33. The van der Waals surface area contributed by atoms with Crippen molar-refractivity contribution in [3.63, 3.8) is 0 Å². The van der Waals surface area contributed by atoms with Crippen molar-refractivity contribution in [2.24, 2.45) is 0 Å². The number of hydrogen-bond donors (Lipinski definition) is 1. The third-order valence-electron chi connectivity index (χ3n) is 6.33. The Morgan fingerprint density at radius 3 is 2.32 bits per heavy atom. The molecule has 1 saturated heterocycles. The topological polar surface area (TPSA) is 122 Å². The second-order valence-electron chi connectivity index (χ2n) is 9.50. The van der Waals surface area contributed by atoms with E-state index >= 15 is 0 Å². The highest BCUT2D eigenvalue weighted by molar-refractivity contribution is 6.02. The summed E-state index contributed by atoms with van der Waals surface area (Å²) in [6.45, 7) is 1.97. The maximum atomic E-state index is 12.7. The fraction of sp³-hybridized carbons (Fsp3) is 0.393. The first-order valence-corrected chi connectivity index (χ1v) is 12.8. The van der Waals surface area contributed by atoms with Gasteiger partial charge in [-0.15, -0.1) is 5.06 Å². The van der Waals surface area contributed by atoms with Gasteiger partial charge in [0.1, 0.15) is 5.75 Å². The number of likely N-dealkylation sites (N-methyl/N-ethyl adjacent to an activating group) is 1. The van der Waals surface area contributed by atoms with Crippen LogP contribution in [0.25, 0.3) is 0 Å². The summed E-state index contributed by atoms with van der Waals surface area (Å²) in [6, 6.07) is 12.3. The minimum atomic E-state index is -4.93. The minimum absolute atomic E-state index is 0.00243. The lowest BCUT2D eigenvalue weighted by Crippen LogP contribution is -2.44. The lowest BCUT2D eigenvalue weighted by Gasteiger charge is -2.26. The van der Waals surface area contributed by atoms with Gasteiger partial charge in [-0.1, -0.05) is 24.3 Å². The number of halogens is 3. The molecule has 3 rings (SSSR count). The van der Waals surface area contributed by atoms with Crippen molar-refractivity contribution in [1.82, 2.24) is 15.3 Å². The van der Waals surface area contributed by atoms with Gasteiger partial charge in [0.2, 0.25) is 5.91 Å². The predicted molar refractivity (Wildman–Crippen MR) is 138 cm³/mol. The maximum Gasteiger partial charge on any atom is 0.471 e. The van der Waals surface area contributed by atoms with E-state index in [9.17, 15) is 37.1 Å². The molecular weight excluding hydrogens is 547 g/mol. The first-order chi connectivity index (χ1) is 19.3. The Bertz CT molecular complexity index is 1270. The highest BCUT2D eigenvalue weighted by atomic mass is 19.4. The van der Waals surface area contributed by atoms with E-state index in [1.165, 1.54) is 19.1 Å². The van der Waals surface area contributed by atoms with Gasteiger partial charge in [-0.25, -0.2) is 4.79 Å². The van der Waals surface area contributed by atoms with Gasteiger partial charge in [-0.2, -0.15) is 13.2 Å². The molecule has 1 heterocycles. The standard InChI is InChI=1S/C28H30F3N3O7/c1-18(33(2)27(39)28(29,30)31)15-20-5-3-6-22(16-20)40-14-4-7-23(35)32-17-19-8-10-21(11-9-19)26(38)41-34-24(36)12-13-25(34)37/h3,5-6,8-11,16,18H,4,7,12-15,17H2,1-2H3,(H,32,35). The molecule has 10 nitrogen and oxygen atoms in total. The minimum Gasteiger partial charge on any atom is -0.494 e. The number of nitrogens with one attached hydrogen (secondary N) is 1. The third kappa shape index (κ3) is 9.05. The molecule has 1 N–H and O–H groups in total. The van der Waals surface area contributed by atoms with Crippen molar-refractivity contribution in [1.29, 1.82) is 0 Å². The summed E-state index contributed by atoms with van der Waals surface area (Å²) in [5, 5.41) is 3.23. The monoisotopic (exact) mass is 577 g/mol. The fourth-order valence-electron chi connectivity index (χ4n) is 3.90. The van der Waals surface area contributed by atoms with Crippen LogP contribution in [0.1, 0.15) is 54.1 Å². The molecule has 2 aromatic carbocycles. The summed E-state index contributed by atoms with van der Waals surface area (Å²) >= 11 is 0. The molecular formula is C28H30F3N3O7. The molecule has 0 aromatic heterocycles. The Hall–Kier alpha value is -4.42. The summed E-state index contributed by atoms with van der Waals surface area (Å²) in [7, 11) is 1.11. The Morgan fingerprint density at radius 1 is 1.02 bits per heavy atom. The van der Waals surface area contributed by atoms with Crippen LogP contribution in [-0.4, -0.2) is 65.4 Å². The fourth-order valence-corrected chi connectivity index (χ4v) is 3.90. The molecule has 1 fully saturated rings. The second-order valence-corrected chi connectivity index (χ2v) is 9.50. The lowest BCUT2D eigenvalue weighted by atomic mass is 10.1. The normalized spacial score (nSPS) is 14.0. The van der Waals surface area contributed by atoms with E-state index < -0.39 is 35.9 Å². The lowest BCUT2D eigenvalue weighted by molar-refractivity contribution is -0.185. The zero-order chi connectivity index (χ0) is 30.2. The SMILES string of the molecule is CC(Cc1cccc(OCCCC(=O)NCc2ccc(C(=O)ON3C(=O)CCC3=O)cc2)c1)N(C)C(=O)C(F)(F)F. The third-order valence-corrected chi connectivity index (χ3v) is 6.33. The number of hydrogen-bond acceptors (Lipinski definition) is 7. The first-order valence-electron chi connectivity index (χ1n) is 12.8. The van der Waals surface area contributed by atoms with E-state index in [1.54, 1.807) is 36.4 Å². The van der Waals surface area contributed by atoms with Crippen molar-refractivity contribution in [3.8, 4) is 5.75 Å². The molecule has 13 heteroatoms. The summed E-state index contributed by atoms with van der Waals surface area (Å²) in [4.78, 5) is 64.5. The number of imide groups is 1. The largest absolute Gasteiger partial charge is 0.494 e. The number of carbonyl (C=O) groups is 5. The molecule has 1 aliphatic rings. The Kier molecular flexibility index (Phi) is 10.5. The molecule has 0 spiro atoms. The van der Waals surface area contributed by atoms with Gasteiger partial charge in [-0.3, -0.25) is 19.2 Å². The van der Waals surface area contributed by atoms with Gasteiger partial charge in [0.05, 0.1) is 12.2 Å². The number of carbonyl (C=O) groups excluding carboxylic acids is 5. The summed E-state index contributed by atoms with van der Waals surface area (Å²) in [5.41, 5.74) is 1.56. The van der Waals surface area contributed by atoms with Crippen molar-refractivity contribution in [2.75, 3.05) is 13.7 Å². The van der Waals surface area contributed by atoms with Crippen molar-refractivity contribution >= 4 is 29.6 Å². The molecule has 0 aliphatic carbocycles. The van der Waals surface area contributed by atoms with E-state index in [4.69, 9.17) is 9.57 Å². The van der Waals surface area contributed by atoms with Gasteiger partial charge < -0.3 is 19.8 Å². The number of nitrogens with zero attached hydrogens (tertiary/aromatic N) is 2. The maximum absolute atomic E-state index is 12.7. The van der Waals surface area contributed by atoms with Gasteiger partial charge in [0, 0.05) is 38.9 Å². The Morgan fingerprint density at radius 2 is 1.68 bits per heavy atom. The molecule has 41 heavy (non-hydrogen) atoms. The number of ether oxygens (including phenoxy) is 1. The van der Waals surface area contributed by atoms with Gasteiger partial charge in [-0.05, 0) is 55.2 Å². The van der Waals surface area contributed by atoms with Crippen molar-refractivity contribution in [3.05, 3.63) is 65.2 Å². The van der Waals surface area contributed by atoms with E-state index in [0.717, 1.165) is 7.05 Å². The average molecular weight is 578 g/mol. The van der Waals surface area contributed by atoms with E-state index in [0.29, 0.717) is 33.3 Å². The number of alkyl halides is 3. The smallest absolute Gasteiger partial charge is 0.471 e. The van der Waals surface area contributed by atoms with Crippen LogP contribution in [0, 0.1) is 0 Å². The van der Waals surface area contributed by atoms with Crippen LogP contribution in [0.2, 0.25) is 0 Å². The molecule has 0 radical (unpaired) electrons. The second kappa shape index (κ2) is 13.8. The van der Waals surface area contributed by atoms with Crippen LogP contribution in [0.4, 0.5) is 13.2 Å². The number of hydroxylamine groups is 2. The van der Waals surface area contributed by atoms with Crippen LogP contribution in [0.3, 0.4) is 0 Å². The van der Waals surface area contributed by atoms with Gasteiger partial charge in [0.25, 0.3) is 11.8 Å². The molecule has 1 unspecified atom stereocenters. The summed E-state index contributed by atoms with van der Waals surface area (Å²) < 4.78 is 43.7. The number of amides is 4. The van der Waals surface area contributed by atoms with Gasteiger partial charge >= 0.3 is 18.1 Å². The van der Waals surface area contributed by atoms with Gasteiger partial charge in [0.15, 0.2) is 0 Å². The number of rotatable bonds is 12. The highest BCUT2D eigenvalue weighted by Crippen LogP contribution is 2.21. The van der Waals surface area contributed by atoms with Crippen molar-refractivity contribution in [2.45, 2.75) is 57.8 Å². The molecule has 4 amide bonds. The summed E-state index contributed by atoms with van der Waals surface area (Å²) in [6.07, 6.45) is -4.12. The van der Waals surface area contributed by atoms with Crippen LogP contribution < -0.4 is 10.1 Å². The molecule has 1 atom stereocenters. The Labute approximate surface area is 234 Å². The molecule has 2 aromatic rings. The molecule has 0 bridgehead atoms. The molecule has 220 valence electrons. The molecule has 1 aliphatic heterocycles. The van der Waals surface area contributed by atoms with E-state index in [2.05, 4.69) is 5.32 Å². The van der Waals surface area contributed by atoms with Crippen LogP contribution in [-0.2, 0) is 37.0 Å². The average Bonchev–Trinajstić information content (AvgIpc) is 3.25. The highest BCUT2D eigenvalue weighted by Gasteiger charge is 2.42. The zero-order valence-electron chi connectivity index (χ0n) is 22.5. The first kappa shape index (κ1) is 31.1. The molecule has 0 saturated carbocycles. The van der Waals surface area contributed by atoms with Crippen LogP contribution >= 0.6 is 0 Å². The number of benzene rings is 2. The van der Waals surface area contributed by atoms with E-state index in [-0.39, 0.29) is 50.3 Å². The summed E-state index contributed by atoms with van der Waals surface area (Å²) in [5.74, 6) is -3.60. The zero-order valence-corrected chi connectivity index (χ0v) is 22.5. The van der Waals surface area contributed by atoms with E-state index in [1.807, 2.05) is 0 Å². The van der Waals surface area contributed by atoms with Crippen molar-refractivity contribution < 1.29 is 46.7 Å².